The van der Waals surface area contributed by atoms with Gasteiger partial charge in [0, 0.05) is 11.9 Å². The van der Waals surface area contributed by atoms with Crippen LogP contribution in [-0.2, 0) is 0 Å². The molecule has 1 aliphatic rings. The molecule has 0 saturated heterocycles. The van der Waals surface area contributed by atoms with Crippen molar-refractivity contribution in [1.29, 1.82) is 0 Å². The fourth-order valence-corrected chi connectivity index (χ4v) is 6.71. The minimum absolute atomic E-state index is 0.188. The molecule has 1 heterocycles. The zero-order valence-corrected chi connectivity index (χ0v) is 15.5. The zero-order chi connectivity index (χ0) is 15.1. The SMILES string of the molecule is CN1C(=C=C(C(C)(C)C)[Si](C)(C)C)Sc2ccccc21. The molecule has 1 aromatic carbocycles. The van der Waals surface area contributed by atoms with Gasteiger partial charge in [0.2, 0.25) is 0 Å². The second-order valence-electron chi connectivity index (χ2n) is 7.43. The number of para-hydroxylation sites is 1. The molecule has 1 nitrogen and oxygen atoms in total. The molecular weight excluding hydrogens is 278 g/mol. The average Bonchev–Trinajstić information content (AvgIpc) is 2.61. The van der Waals surface area contributed by atoms with E-state index in [0.29, 0.717) is 0 Å². The Morgan fingerprint density at radius 1 is 1.15 bits per heavy atom. The lowest BCUT2D eigenvalue weighted by Gasteiger charge is -2.31. The van der Waals surface area contributed by atoms with E-state index in [9.17, 15) is 0 Å². The van der Waals surface area contributed by atoms with Crippen LogP contribution in [0, 0.1) is 5.41 Å². The predicted molar refractivity (Wildman–Crippen MR) is 94.0 cm³/mol. The third kappa shape index (κ3) is 3.06. The first-order chi connectivity index (χ1) is 9.10. The van der Waals surface area contributed by atoms with Crippen molar-refractivity contribution in [2.45, 2.75) is 45.3 Å². The number of anilines is 1. The lowest BCUT2D eigenvalue weighted by atomic mass is 9.96. The number of hydrogen-bond acceptors (Lipinski definition) is 2. The van der Waals surface area contributed by atoms with E-state index in [1.807, 2.05) is 11.8 Å². The summed E-state index contributed by atoms with van der Waals surface area (Å²) >= 11 is 1.84. The van der Waals surface area contributed by atoms with Crippen molar-refractivity contribution < 1.29 is 0 Å². The van der Waals surface area contributed by atoms with Crippen LogP contribution in [0.15, 0.2) is 45.1 Å². The number of rotatable bonds is 1. The first kappa shape index (κ1) is 15.5. The van der Waals surface area contributed by atoms with Crippen molar-refractivity contribution >= 4 is 25.5 Å². The summed E-state index contributed by atoms with van der Waals surface area (Å²) in [6.07, 6.45) is 0. The molecule has 0 unspecified atom stereocenters. The van der Waals surface area contributed by atoms with Gasteiger partial charge in [0.05, 0.1) is 13.8 Å². The van der Waals surface area contributed by atoms with Gasteiger partial charge in [0.15, 0.2) is 0 Å². The van der Waals surface area contributed by atoms with Crippen molar-refractivity contribution in [2.24, 2.45) is 5.41 Å². The van der Waals surface area contributed by atoms with Crippen molar-refractivity contribution in [3.63, 3.8) is 0 Å². The smallest absolute Gasteiger partial charge is 0.123 e. The Hall–Kier alpha value is -0.893. The summed E-state index contributed by atoms with van der Waals surface area (Å²) in [5.74, 6) is 0. The van der Waals surface area contributed by atoms with Gasteiger partial charge in [-0.05, 0) is 22.7 Å². The van der Waals surface area contributed by atoms with Gasteiger partial charge in [0.1, 0.15) is 5.03 Å². The minimum Gasteiger partial charge on any atom is -0.332 e. The number of nitrogens with zero attached hydrogens (tertiary/aromatic N) is 1. The van der Waals surface area contributed by atoms with Crippen molar-refractivity contribution in [3.05, 3.63) is 40.2 Å². The van der Waals surface area contributed by atoms with Crippen LogP contribution in [0.25, 0.3) is 0 Å². The molecule has 3 heteroatoms. The maximum Gasteiger partial charge on any atom is 0.123 e. The monoisotopic (exact) mass is 303 g/mol. The van der Waals surface area contributed by atoms with Gasteiger partial charge in [0.25, 0.3) is 0 Å². The fourth-order valence-electron chi connectivity index (χ4n) is 2.82. The Balaban J connectivity index is 2.57. The van der Waals surface area contributed by atoms with Crippen LogP contribution in [0.2, 0.25) is 19.6 Å². The Bertz CT molecular complexity index is 568. The highest BCUT2D eigenvalue weighted by Crippen LogP contribution is 2.45. The highest BCUT2D eigenvalue weighted by molar-refractivity contribution is 8.03. The first-order valence-electron chi connectivity index (χ1n) is 7.13. The van der Waals surface area contributed by atoms with E-state index in [1.165, 1.54) is 20.8 Å². The maximum atomic E-state index is 3.78. The van der Waals surface area contributed by atoms with Crippen molar-refractivity contribution in [1.82, 2.24) is 0 Å². The fraction of sp³-hybridized carbons (Fsp3) is 0.471. The summed E-state index contributed by atoms with van der Waals surface area (Å²) in [5.41, 5.74) is 5.26. The molecule has 1 aliphatic heterocycles. The number of hydrogen-bond donors (Lipinski definition) is 0. The summed E-state index contributed by atoms with van der Waals surface area (Å²) in [6.45, 7) is 14.2. The number of allylic oxidation sites excluding steroid dienone is 1. The van der Waals surface area contributed by atoms with Crippen LogP contribution in [0.4, 0.5) is 5.69 Å². The van der Waals surface area contributed by atoms with Crippen LogP contribution in [-0.4, -0.2) is 15.1 Å². The quantitative estimate of drug-likeness (QED) is 0.496. The molecule has 0 saturated carbocycles. The van der Waals surface area contributed by atoms with Gasteiger partial charge in [-0.1, -0.05) is 70.0 Å². The van der Waals surface area contributed by atoms with Crippen LogP contribution in [0.3, 0.4) is 0 Å². The van der Waals surface area contributed by atoms with E-state index in [1.54, 1.807) is 0 Å². The molecule has 0 aliphatic carbocycles. The highest BCUT2D eigenvalue weighted by atomic mass is 32.2. The molecule has 0 N–H and O–H groups in total. The van der Waals surface area contributed by atoms with E-state index < -0.39 is 8.07 Å². The van der Waals surface area contributed by atoms with Crippen LogP contribution in [0.1, 0.15) is 20.8 Å². The Kier molecular flexibility index (Phi) is 3.98. The molecule has 108 valence electrons. The normalized spacial score (nSPS) is 15.2. The molecule has 1 aromatic rings. The lowest BCUT2D eigenvalue weighted by Crippen LogP contribution is -2.32. The molecule has 0 spiro atoms. The standard InChI is InChI=1S/C17H25NSSi/c1-17(2,3)15(20(5,6)7)12-16-18(4)13-10-8-9-11-14(13)19-16/h8-11H,1-7H3. The van der Waals surface area contributed by atoms with Crippen LogP contribution in [0.5, 0.6) is 0 Å². The van der Waals surface area contributed by atoms with Gasteiger partial charge in [-0.15, -0.1) is 0 Å². The van der Waals surface area contributed by atoms with Crippen LogP contribution >= 0.6 is 11.8 Å². The molecule has 0 radical (unpaired) electrons. The van der Waals surface area contributed by atoms with E-state index in [0.717, 1.165) is 0 Å². The first-order valence-corrected chi connectivity index (χ1v) is 11.4. The average molecular weight is 304 g/mol. The van der Waals surface area contributed by atoms with E-state index >= 15 is 0 Å². The van der Waals surface area contributed by atoms with Crippen molar-refractivity contribution in [2.75, 3.05) is 11.9 Å². The van der Waals surface area contributed by atoms with Gasteiger partial charge in [-0.3, -0.25) is 0 Å². The summed E-state index contributed by atoms with van der Waals surface area (Å²) in [5, 5.41) is 2.74. The summed E-state index contributed by atoms with van der Waals surface area (Å²) < 4.78 is 0. The number of thioether (sulfide) groups is 1. The Morgan fingerprint density at radius 3 is 2.25 bits per heavy atom. The predicted octanol–water partition coefficient (Wildman–Crippen LogP) is 5.52. The Labute approximate surface area is 128 Å². The topological polar surface area (TPSA) is 3.24 Å². The number of fused-ring (bicyclic) bond motifs is 1. The molecule has 20 heavy (non-hydrogen) atoms. The second-order valence-corrected chi connectivity index (χ2v) is 13.5. The number of benzene rings is 1. The highest BCUT2D eigenvalue weighted by Gasteiger charge is 2.31. The third-order valence-electron chi connectivity index (χ3n) is 3.47. The minimum atomic E-state index is -1.38. The zero-order valence-electron chi connectivity index (χ0n) is 13.7. The third-order valence-corrected chi connectivity index (χ3v) is 6.98. The van der Waals surface area contributed by atoms with E-state index in [2.05, 4.69) is 82.4 Å². The molecule has 0 bridgehead atoms. The molecule has 0 aromatic heterocycles. The van der Waals surface area contributed by atoms with Gasteiger partial charge in [-0.25, -0.2) is 0 Å². The molecule has 0 atom stereocenters. The Morgan fingerprint density at radius 2 is 1.75 bits per heavy atom. The summed E-state index contributed by atoms with van der Waals surface area (Å²) in [6, 6.07) is 8.58. The molecule has 0 fully saturated rings. The van der Waals surface area contributed by atoms with Gasteiger partial charge < -0.3 is 4.90 Å². The molecular formula is C17H25NSSi. The summed E-state index contributed by atoms with van der Waals surface area (Å²) in [7, 11) is 0.767. The summed E-state index contributed by atoms with van der Waals surface area (Å²) in [4.78, 5) is 3.60. The largest absolute Gasteiger partial charge is 0.332 e. The van der Waals surface area contributed by atoms with Crippen molar-refractivity contribution in [3.8, 4) is 0 Å². The second kappa shape index (κ2) is 5.14. The maximum absolute atomic E-state index is 3.78. The molecule has 0 amide bonds. The van der Waals surface area contributed by atoms with E-state index in [-0.39, 0.29) is 5.41 Å². The van der Waals surface area contributed by atoms with Gasteiger partial charge >= 0.3 is 0 Å². The van der Waals surface area contributed by atoms with Crippen LogP contribution < -0.4 is 4.90 Å². The molecule has 2 rings (SSSR count). The van der Waals surface area contributed by atoms with E-state index in [4.69, 9.17) is 0 Å². The lowest BCUT2D eigenvalue weighted by molar-refractivity contribution is 0.526. The van der Waals surface area contributed by atoms with Gasteiger partial charge in [-0.2, -0.15) is 0 Å².